The summed E-state index contributed by atoms with van der Waals surface area (Å²) in [6, 6.07) is 0. The minimum atomic E-state index is -3.30. The molecule has 5 heterocycles. The van der Waals surface area contributed by atoms with E-state index in [4.69, 9.17) is 0 Å². The van der Waals surface area contributed by atoms with Gasteiger partial charge in [-0.1, -0.05) is 0 Å². The van der Waals surface area contributed by atoms with E-state index in [0.717, 1.165) is 0 Å². The molecule has 0 bridgehead atoms. The van der Waals surface area contributed by atoms with Crippen molar-refractivity contribution in [2.75, 3.05) is 0 Å². The molecule has 10 heteroatoms. The van der Waals surface area contributed by atoms with Gasteiger partial charge in [-0.15, -0.1) is 0 Å². The monoisotopic (exact) mass is 254 g/mol. The maximum atomic E-state index is 11.1. The van der Waals surface area contributed by atoms with Crippen LogP contribution in [-0.2, 0) is 4.57 Å². The molecule has 10 heavy (non-hydrogen) atoms. The van der Waals surface area contributed by atoms with Gasteiger partial charge in [0.15, 0.2) is 0 Å². The topological polar surface area (TPSA) is 57.5 Å². The predicted molar refractivity (Wildman–Crippen MR) is 53.5 cm³/mol. The second-order valence-electron chi connectivity index (χ2n) is 4.16. The van der Waals surface area contributed by atoms with E-state index in [9.17, 15) is 14.4 Å². The lowest BCUT2D eigenvalue weighted by atomic mass is 15.8. The molecule has 0 aromatic carbocycles. The van der Waals surface area contributed by atoms with Crippen LogP contribution >= 0.6 is 7.14 Å². The summed E-state index contributed by atoms with van der Waals surface area (Å²) in [6.45, 7) is 0. The Morgan fingerprint density at radius 2 is 1.60 bits per heavy atom. The van der Waals surface area contributed by atoms with Crippen molar-refractivity contribution in [3.8, 4) is 0 Å². The van der Waals surface area contributed by atoms with Crippen LogP contribution < -0.4 is 0 Å². The number of hydrogen-bond donors (Lipinski definition) is 2. The quantitative estimate of drug-likeness (QED) is 0.371. The summed E-state index contributed by atoms with van der Waals surface area (Å²) in [5, 5.41) is 0. The van der Waals surface area contributed by atoms with Crippen molar-refractivity contribution in [2.24, 2.45) is 0 Å². The molecular weight excluding hydrogens is 247 g/mol. The predicted octanol–water partition coefficient (Wildman–Crippen LogP) is -3.99. The van der Waals surface area contributed by atoms with Crippen LogP contribution in [0.5, 0.6) is 0 Å². The first kappa shape index (κ1) is 5.99. The van der Waals surface area contributed by atoms with E-state index in [-0.39, 0.29) is 36.7 Å². The summed E-state index contributed by atoms with van der Waals surface area (Å²) < 4.78 is 11.1. The molecule has 3 nitrogen and oxygen atoms in total. The van der Waals surface area contributed by atoms with Crippen LogP contribution in [0.25, 0.3) is 0 Å². The SMILES string of the molecule is O=P(O)(O)[Si]12[SiH]3[SiH]4[SiH]3[SiH]1[SiH]42. The van der Waals surface area contributed by atoms with Crippen LogP contribution in [0.2, 0.25) is 0 Å². The Bertz CT molecular complexity index is 277. The minimum absolute atomic E-state index is 0.119. The van der Waals surface area contributed by atoms with Crippen molar-refractivity contribution >= 4 is 50.2 Å². The van der Waals surface area contributed by atoms with E-state index < -0.39 is 13.4 Å². The Hall–Kier alpha value is 1.45. The van der Waals surface area contributed by atoms with Crippen LogP contribution in [0, 0.1) is 0 Å². The molecule has 2 N–H and O–H groups in total. The van der Waals surface area contributed by atoms with Crippen LogP contribution in [0.3, 0.4) is 0 Å². The first-order valence-corrected chi connectivity index (χ1v) is 29.6. The average molecular weight is 255 g/mol. The molecular formula is H7O3PSi6. The smallest absolute Gasteiger partial charge is 0.282 e. The molecule has 54 valence electrons. The minimum Gasteiger partial charge on any atom is -0.329 e. The zero-order valence-electron chi connectivity index (χ0n) is 5.14. The van der Waals surface area contributed by atoms with Crippen molar-refractivity contribution in [3.05, 3.63) is 0 Å². The summed E-state index contributed by atoms with van der Waals surface area (Å²) in [6.07, 6.45) is -1.29. The highest BCUT2D eigenvalue weighted by atomic mass is 31.7. The third-order valence-electron chi connectivity index (χ3n) is 4.35. The zero-order valence-corrected chi connectivity index (χ0v) is 12.8. The molecule has 4 unspecified atom stereocenters. The van der Waals surface area contributed by atoms with E-state index in [1.54, 1.807) is 0 Å². The lowest BCUT2D eigenvalue weighted by Gasteiger charge is -2.25. The normalized spacial score (nSPS) is 78.8. The van der Waals surface area contributed by atoms with Crippen molar-refractivity contribution in [1.82, 2.24) is 0 Å². The molecule has 0 aromatic rings. The zero-order chi connectivity index (χ0) is 6.89. The molecule has 5 rings (SSSR count). The molecule has 5 fully saturated rings. The molecule has 5 aliphatic heterocycles. The van der Waals surface area contributed by atoms with Gasteiger partial charge in [-0.2, -0.15) is 0 Å². The lowest BCUT2D eigenvalue weighted by molar-refractivity contribution is 0.393. The summed E-state index contributed by atoms with van der Waals surface area (Å²) in [7, 11) is -3.80. The Morgan fingerprint density at radius 1 is 1.10 bits per heavy atom. The van der Waals surface area contributed by atoms with Crippen molar-refractivity contribution < 1.29 is 14.4 Å². The summed E-state index contributed by atoms with van der Waals surface area (Å²) in [5.41, 5.74) is 0. The van der Waals surface area contributed by atoms with Crippen molar-refractivity contribution in [1.29, 1.82) is 0 Å². The van der Waals surface area contributed by atoms with E-state index in [1.807, 2.05) is 0 Å². The van der Waals surface area contributed by atoms with Crippen molar-refractivity contribution in [3.63, 3.8) is 0 Å². The molecule has 0 aliphatic carbocycles. The van der Waals surface area contributed by atoms with Gasteiger partial charge in [0, 0.05) is 22.0 Å². The van der Waals surface area contributed by atoms with Gasteiger partial charge >= 0.3 is 0 Å². The second kappa shape index (κ2) is 1.15. The second-order valence-corrected chi connectivity index (χ2v) is 101. The fourth-order valence-corrected chi connectivity index (χ4v) is 850. The average Bonchev–Trinajstić information content (AvgIpc) is 2.00. The maximum Gasteiger partial charge on any atom is 0.282 e. The first-order chi connectivity index (χ1) is 4.62. The lowest BCUT2D eigenvalue weighted by Crippen LogP contribution is -2.54. The molecule has 0 spiro atoms. The van der Waals surface area contributed by atoms with Crippen LogP contribution in [0.1, 0.15) is 0 Å². The van der Waals surface area contributed by atoms with Gasteiger partial charge in [-0.3, -0.25) is 4.57 Å². The fraction of sp³-hybridized carbons (Fsp3) is 0. The highest BCUT2D eigenvalue weighted by Crippen LogP contribution is 2.81. The maximum absolute atomic E-state index is 11.1. The molecule has 0 amide bonds. The molecule has 0 saturated carbocycles. The number of rotatable bonds is 1. The Kier molecular flexibility index (Phi) is 0.691. The van der Waals surface area contributed by atoms with Gasteiger partial charge in [0.1, 0.15) is 6.29 Å². The summed E-state index contributed by atoms with van der Waals surface area (Å²) in [5.74, 6) is 0. The van der Waals surface area contributed by atoms with Gasteiger partial charge in [-0.05, 0) is 14.7 Å². The van der Waals surface area contributed by atoms with Gasteiger partial charge < -0.3 is 9.79 Å². The fourth-order valence-electron chi connectivity index (χ4n) is 4.09. The molecule has 5 aliphatic rings. The molecule has 0 aromatic heterocycles. The molecule has 4 atom stereocenters. The molecule has 0 radical (unpaired) electrons. The largest absolute Gasteiger partial charge is 0.329 e. The van der Waals surface area contributed by atoms with Gasteiger partial charge in [-0.25, -0.2) is 0 Å². The first-order valence-electron chi connectivity index (χ1n) is 3.67. The van der Waals surface area contributed by atoms with Gasteiger partial charge in [0.05, 0.1) is 0 Å². The number of hydrogen-bond acceptors (Lipinski definition) is 1. The highest BCUT2D eigenvalue weighted by Gasteiger charge is 3.13. The van der Waals surface area contributed by atoms with E-state index in [1.165, 1.54) is 0 Å². The highest BCUT2D eigenvalue weighted by molar-refractivity contribution is 8.88. The van der Waals surface area contributed by atoms with E-state index in [2.05, 4.69) is 0 Å². The van der Waals surface area contributed by atoms with Crippen molar-refractivity contribution in [2.45, 2.75) is 0 Å². The van der Waals surface area contributed by atoms with E-state index >= 15 is 0 Å². The van der Waals surface area contributed by atoms with Gasteiger partial charge in [0.2, 0.25) is 0 Å². The van der Waals surface area contributed by atoms with E-state index in [0.29, 0.717) is 0 Å². The third-order valence-corrected chi connectivity index (χ3v) is 305. The third kappa shape index (κ3) is 0.288. The Balaban J connectivity index is 1.91. The Morgan fingerprint density at radius 3 is 1.80 bits per heavy atom. The van der Waals surface area contributed by atoms with Crippen LogP contribution in [-0.4, -0.2) is 52.8 Å². The summed E-state index contributed by atoms with van der Waals surface area (Å²) in [4.78, 5) is 18.3. The molecule has 5 saturated heterocycles. The summed E-state index contributed by atoms with van der Waals surface area (Å²) >= 11 is 0. The van der Waals surface area contributed by atoms with Crippen LogP contribution in [0.4, 0.5) is 0 Å². The Labute approximate surface area is 64.6 Å². The van der Waals surface area contributed by atoms with Crippen LogP contribution in [0.15, 0.2) is 0 Å². The standard InChI is InChI=1S/H7O3PSi6/c1-4(2,3)10-7-5-6(7)9(10)8(5)10/h5-9H,(H2,1,2,3). The van der Waals surface area contributed by atoms with Gasteiger partial charge in [0.25, 0.3) is 7.14 Å².